The second kappa shape index (κ2) is 10.9. The Morgan fingerprint density at radius 2 is 1.44 bits per heavy atom. The molecule has 104 valence electrons. The second-order valence-electron chi connectivity index (χ2n) is 3.97. The number of aliphatic hydroxyl groups excluding tert-OH is 2. The van der Waals surface area contributed by atoms with Crippen molar-refractivity contribution in [1.29, 1.82) is 0 Å². The lowest BCUT2D eigenvalue weighted by molar-refractivity contribution is 0.177. The van der Waals surface area contributed by atoms with Gasteiger partial charge in [-0.3, -0.25) is 0 Å². The van der Waals surface area contributed by atoms with E-state index in [-0.39, 0.29) is 13.2 Å². The molecule has 4 heteroatoms. The van der Waals surface area contributed by atoms with Crippen LogP contribution < -0.4 is 0 Å². The third kappa shape index (κ3) is 9.93. The molecule has 0 aromatic rings. The van der Waals surface area contributed by atoms with Crippen LogP contribution in [-0.2, 0) is 9.47 Å². The van der Waals surface area contributed by atoms with E-state index in [0.29, 0.717) is 36.7 Å². The minimum Gasteiger partial charge on any atom is -0.498 e. The highest BCUT2D eigenvalue weighted by Gasteiger charge is 2.01. The maximum atomic E-state index is 8.68. The summed E-state index contributed by atoms with van der Waals surface area (Å²) < 4.78 is 10.7. The quantitative estimate of drug-likeness (QED) is 0.416. The van der Waals surface area contributed by atoms with Gasteiger partial charge in [0.15, 0.2) is 0 Å². The van der Waals surface area contributed by atoms with Gasteiger partial charge in [-0.1, -0.05) is 19.7 Å². The lowest BCUT2D eigenvalue weighted by Crippen LogP contribution is -2.00. The summed E-state index contributed by atoms with van der Waals surface area (Å²) in [5.41, 5.74) is 0. The first-order valence-electron chi connectivity index (χ1n) is 6.15. The zero-order valence-electron chi connectivity index (χ0n) is 11.0. The summed E-state index contributed by atoms with van der Waals surface area (Å²) in [5.74, 6) is 1.78. The van der Waals surface area contributed by atoms with Crippen LogP contribution in [0, 0.1) is 0 Å². The summed E-state index contributed by atoms with van der Waals surface area (Å²) in [6, 6.07) is 0. The standard InChI is InChI=1S/C14H24O4/c1-12(6-4-5-9-15)17-11-8-14(3)18-13(2)7-10-16/h15-16H,1-11H2. The van der Waals surface area contributed by atoms with Crippen molar-refractivity contribution >= 4 is 0 Å². The molecule has 0 aromatic heterocycles. The average Bonchev–Trinajstić information content (AvgIpc) is 2.29. The van der Waals surface area contributed by atoms with Crippen molar-refractivity contribution in [2.45, 2.75) is 32.1 Å². The van der Waals surface area contributed by atoms with E-state index in [1.54, 1.807) is 0 Å². The Hall–Kier alpha value is -1.26. The van der Waals surface area contributed by atoms with Crippen molar-refractivity contribution in [3.63, 3.8) is 0 Å². The zero-order valence-corrected chi connectivity index (χ0v) is 11.0. The van der Waals surface area contributed by atoms with Crippen LogP contribution in [-0.4, -0.2) is 30.0 Å². The third-order valence-corrected chi connectivity index (χ3v) is 2.23. The van der Waals surface area contributed by atoms with E-state index in [0.717, 1.165) is 19.3 Å². The average molecular weight is 256 g/mol. The fourth-order valence-corrected chi connectivity index (χ4v) is 1.25. The highest BCUT2D eigenvalue weighted by atomic mass is 16.5. The lowest BCUT2D eigenvalue weighted by atomic mass is 10.2. The van der Waals surface area contributed by atoms with Crippen LogP contribution in [0.25, 0.3) is 0 Å². The van der Waals surface area contributed by atoms with E-state index in [1.165, 1.54) is 0 Å². The lowest BCUT2D eigenvalue weighted by Gasteiger charge is -2.12. The molecule has 0 amide bonds. The van der Waals surface area contributed by atoms with E-state index in [9.17, 15) is 0 Å². The third-order valence-electron chi connectivity index (χ3n) is 2.23. The van der Waals surface area contributed by atoms with Crippen LogP contribution in [0.15, 0.2) is 37.0 Å². The van der Waals surface area contributed by atoms with Crippen LogP contribution in [0.2, 0.25) is 0 Å². The molecule has 0 fully saturated rings. The van der Waals surface area contributed by atoms with Crippen molar-refractivity contribution in [2.24, 2.45) is 0 Å². The predicted octanol–water partition coefficient (Wildman–Crippen LogP) is 2.50. The van der Waals surface area contributed by atoms with Gasteiger partial charge in [0.05, 0.1) is 30.5 Å². The Morgan fingerprint density at radius 3 is 2.06 bits per heavy atom. The first-order valence-corrected chi connectivity index (χ1v) is 6.15. The van der Waals surface area contributed by atoms with Gasteiger partial charge in [-0.25, -0.2) is 0 Å². The van der Waals surface area contributed by atoms with Gasteiger partial charge in [-0.2, -0.15) is 0 Å². The summed E-state index contributed by atoms with van der Waals surface area (Å²) in [4.78, 5) is 0. The minimum atomic E-state index is 0.0181. The molecule has 0 bridgehead atoms. The monoisotopic (exact) mass is 256 g/mol. The maximum Gasteiger partial charge on any atom is 0.0998 e. The molecule has 18 heavy (non-hydrogen) atoms. The summed E-state index contributed by atoms with van der Waals surface area (Å²) in [5, 5.41) is 17.3. The Labute approximate surface area is 109 Å². The van der Waals surface area contributed by atoms with Crippen LogP contribution >= 0.6 is 0 Å². The first kappa shape index (κ1) is 16.7. The van der Waals surface area contributed by atoms with Gasteiger partial charge >= 0.3 is 0 Å². The number of ether oxygens (including phenoxy) is 2. The van der Waals surface area contributed by atoms with Gasteiger partial charge in [-0.05, 0) is 12.8 Å². The Bertz CT molecular complexity index is 271. The Balaban J connectivity index is 3.55. The van der Waals surface area contributed by atoms with Gasteiger partial charge in [0, 0.05) is 25.9 Å². The van der Waals surface area contributed by atoms with Crippen LogP contribution in [0.4, 0.5) is 0 Å². The normalized spacial score (nSPS) is 9.89. The maximum absolute atomic E-state index is 8.68. The van der Waals surface area contributed by atoms with Crippen LogP contribution in [0.5, 0.6) is 0 Å². The molecule has 0 aliphatic carbocycles. The molecule has 0 saturated carbocycles. The van der Waals surface area contributed by atoms with E-state index in [1.807, 2.05) is 0 Å². The van der Waals surface area contributed by atoms with Gasteiger partial charge in [-0.15, -0.1) is 0 Å². The number of hydrogen-bond donors (Lipinski definition) is 2. The van der Waals surface area contributed by atoms with Gasteiger partial charge in [0.2, 0.25) is 0 Å². The van der Waals surface area contributed by atoms with E-state index < -0.39 is 0 Å². The molecule has 0 atom stereocenters. The van der Waals surface area contributed by atoms with Gasteiger partial charge < -0.3 is 19.7 Å². The number of unbranched alkanes of at least 4 members (excludes halogenated alkanes) is 1. The molecular weight excluding hydrogens is 232 g/mol. The number of hydrogen-bond acceptors (Lipinski definition) is 4. The summed E-state index contributed by atoms with van der Waals surface area (Å²) >= 11 is 0. The summed E-state index contributed by atoms with van der Waals surface area (Å²) in [7, 11) is 0. The van der Waals surface area contributed by atoms with Gasteiger partial charge in [0.25, 0.3) is 0 Å². The molecular formula is C14H24O4. The predicted molar refractivity (Wildman–Crippen MR) is 71.7 cm³/mol. The fourth-order valence-electron chi connectivity index (χ4n) is 1.25. The first-order chi connectivity index (χ1) is 8.60. The number of aliphatic hydroxyl groups is 2. The SMILES string of the molecule is C=C(CCCCO)OCCC(=C)OC(=C)CCO. The van der Waals surface area contributed by atoms with Crippen molar-refractivity contribution in [3.05, 3.63) is 37.0 Å². The molecule has 0 radical (unpaired) electrons. The second-order valence-corrected chi connectivity index (χ2v) is 3.97. The largest absolute Gasteiger partial charge is 0.498 e. The summed E-state index contributed by atoms with van der Waals surface area (Å²) in [6.07, 6.45) is 3.36. The highest BCUT2D eigenvalue weighted by molar-refractivity contribution is 4.93. The van der Waals surface area contributed by atoms with Crippen molar-refractivity contribution < 1.29 is 19.7 Å². The molecule has 0 heterocycles. The number of allylic oxidation sites excluding steroid dienone is 1. The fraction of sp³-hybridized carbons (Fsp3) is 0.571. The molecule has 0 rings (SSSR count). The molecule has 0 aromatic carbocycles. The van der Waals surface area contributed by atoms with E-state index in [2.05, 4.69) is 19.7 Å². The molecule has 0 aliphatic heterocycles. The Kier molecular flexibility index (Phi) is 10.1. The highest BCUT2D eigenvalue weighted by Crippen LogP contribution is 2.12. The smallest absolute Gasteiger partial charge is 0.0998 e. The zero-order chi connectivity index (χ0) is 13.8. The number of rotatable bonds is 12. The molecule has 0 saturated heterocycles. The minimum absolute atomic E-state index is 0.0181. The molecule has 4 nitrogen and oxygen atoms in total. The van der Waals surface area contributed by atoms with Crippen molar-refractivity contribution in [1.82, 2.24) is 0 Å². The topological polar surface area (TPSA) is 58.9 Å². The summed E-state index contributed by atoms with van der Waals surface area (Å²) in [6.45, 7) is 11.9. The van der Waals surface area contributed by atoms with Crippen molar-refractivity contribution in [2.75, 3.05) is 19.8 Å². The van der Waals surface area contributed by atoms with Crippen LogP contribution in [0.1, 0.15) is 32.1 Å². The van der Waals surface area contributed by atoms with E-state index >= 15 is 0 Å². The van der Waals surface area contributed by atoms with Crippen molar-refractivity contribution in [3.8, 4) is 0 Å². The van der Waals surface area contributed by atoms with E-state index in [4.69, 9.17) is 19.7 Å². The van der Waals surface area contributed by atoms with Gasteiger partial charge in [0.1, 0.15) is 0 Å². The molecule has 0 spiro atoms. The molecule has 0 aliphatic rings. The van der Waals surface area contributed by atoms with Crippen LogP contribution in [0.3, 0.4) is 0 Å². The molecule has 2 N–H and O–H groups in total. The Morgan fingerprint density at radius 1 is 0.778 bits per heavy atom. The molecule has 0 unspecified atom stereocenters.